The Balaban J connectivity index is 1.06. The third-order valence-corrected chi connectivity index (χ3v) is 17.6. The summed E-state index contributed by atoms with van der Waals surface area (Å²) in [6.07, 6.45) is 0. The van der Waals surface area contributed by atoms with E-state index >= 15 is 0 Å². The fourth-order valence-corrected chi connectivity index (χ4v) is 13.8. The quantitative estimate of drug-likeness (QED) is 0.120. The van der Waals surface area contributed by atoms with Crippen molar-refractivity contribution in [3.8, 4) is 89.0 Å². The number of rotatable bonds is 12. The summed E-state index contributed by atoms with van der Waals surface area (Å²) in [7, 11) is 0. The lowest BCUT2D eigenvalue weighted by Gasteiger charge is -2.38. The van der Waals surface area contributed by atoms with E-state index < -0.39 is 0 Å². The molecule has 0 N–H and O–H groups in total. The first-order valence-electron chi connectivity index (χ1n) is 29.9. The molecule has 0 bridgehead atoms. The molecule has 14 aromatic rings. The first-order chi connectivity index (χ1) is 42.4. The highest BCUT2D eigenvalue weighted by atomic mass is 15.2. The Morgan fingerprint density at radius 2 is 0.419 bits per heavy atom. The van der Waals surface area contributed by atoms with Gasteiger partial charge < -0.3 is 9.80 Å². The number of fused-ring (bicyclic) bond motifs is 6. The Hall–Kier alpha value is -10.8. The summed E-state index contributed by atoms with van der Waals surface area (Å²) in [5, 5.41) is 4.81. The topological polar surface area (TPSA) is 6.48 Å². The monoisotopic (exact) mass is 1100 g/mol. The van der Waals surface area contributed by atoms with Gasteiger partial charge in [-0.1, -0.05) is 255 Å². The number of benzene rings is 14. The van der Waals surface area contributed by atoms with Crippen molar-refractivity contribution in [1.29, 1.82) is 0 Å². The average molecular weight is 1100 g/mol. The Kier molecular flexibility index (Phi) is 13.2. The minimum absolute atomic E-state index is 1.10. The molecule has 0 fully saturated rings. The molecule has 0 spiro atoms. The molecule has 2 nitrogen and oxygen atoms in total. The average Bonchev–Trinajstić information content (AvgIpc) is 0.691. The maximum Gasteiger partial charge on any atom is 0.0519 e. The molecule has 0 heterocycles. The van der Waals surface area contributed by atoms with Gasteiger partial charge in [-0.3, -0.25) is 0 Å². The van der Waals surface area contributed by atoms with Crippen molar-refractivity contribution in [3.63, 3.8) is 0 Å². The molecule has 86 heavy (non-hydrogen) atoms. The molecule has 2 heteroatoms. The molecule has 0 saturated carbocycles. The van der Waals surface area contributed by atoms with Crippen LogP contribution in [0.1, 0.15) is 22.3 Å². The van der Waals surface area contributed by atoms with E-state index in [0.29, 0.717) is 0 Å². The van der Waals surface area contributed by atoms with Crippen LogP contribution < -0.4 is 9.80 Å². The molecule has 0 aromatic heterocycles. The van der Waals surface area contributed by atoms with Gasteiger partial charge in [0, 0.05) is 22.7 Å². The predicted octanol–water partition coefficient (Wildman–Crippen LogP) is 23.8. The van der Waals surface area contributed by atoms with Gasteiger partial charge in [-0.05, 0) is 209 Å². The molecule has 0 saturated heterocycles. The molecule has 0 radical (unpaired) electrons. The van der Waals surface area contributed by atoms with E-state index in [1.807, 2.05) is 0 Å². The van der Waals surface area contributed by atoms with Crippen molar-refractivity contribution in [2.24, 2.45) is 0 Å². The fourth-order valence-electron chi connectivity index (χ4n) is 13.8. The Labute approximate surface area is 504 Å². The third-order valence-electron chi connectivity index (χ3n) is 17.6. The minimum Gasteiger partial charge on any atom is -0.310 e. The van der Waals surface area contributed by atoms with E-state index in [-0.39, 0.29) is 0 Å². The second-order valence-electron chi connectivity index (χ2n) is 22.9. The number of hydrogen-bond acceptors (Lipinski definition) is 2. The van der Waals surface area contributed by atoms with Crippen molar-refractivity contribution in [2.75, 3.05) is 9.80 Å². The van der Waals surface area contributed by atoms with Crippen molar-refractivity contribution in [2.45, 2.75) is 27.7 Å². The van der Waals surface area contributed by atoms with Gasteiger partial charge >= 0.3 is 0 Å². The zero-order chi connectivity index (χ0) is 57.8. The van der Waals surface area contributed by atoms with Gasteiger partial charge in [-0.25, -0.2) is 0 Å². The SMILES string of the molecule is Cc1cccc(C)c1N(c1cccc(-c2ccccc2)c1)c1ccc2c(-c3ccccc3)c3c(c(-c4ccccc4)c2c1)-c1c-3c(-c2ccccc2)c2cc(N(c3cccc(-c4ccccc4)c3)c3c(C)cccc3C)ccc2c1-c1ccccc1. The van der Waals surface area contributed by atoms with Crippen LogP contribution in [0.15, 0.2) is 303 Å². The second-order valence-corrected chi connectivity index (χ2v) is 22.9. The fraction of sp³-hybridized carbons (Fsp3) is 0.0476. The van der Waals surface area contributed by atoms with Crippen LogP contribution >= 0.6 is 0 Å². The lowest BCUT2D eigenvalue weighted by atomic mass is 9.65. The van der Waals surface area contributed by atoms with Gasteiger partial charge in [-0.2, -0.15) is 0 Å². The molecule has 0 atom stereocenters. The highest BCUT2D eigenvalue weighted by molar-refractivity contribution is 6.33. The smallest absolute Gasteiger partial charge is 0.0519 e. The molecule has 0 aliphatic heterocycles. The van der Waals surface area contributed by atoms with Crippen molar-refractivity contribution in [3.05, 3.63) is 326 Å². The number of anilines is 6. The molecule has 0 unspecified atom stereocenters. The second kappa shape index (κ2) is 21.8. The summed E-state index contributed by atoms with van der Waals surface area (Å²) in [5.41, 5.74) is 31.1. The molecular formula is C84H62N2. The third kappa shape index (κ3) is 8.89. The normalized spacial score (nSPS) is 11.5. The Morgan fingerprint density at radius 3 is 0.721 bits per heavy atom. The van der Waals surface area contributed by atoms with E-state index in [2.05, 4.69) is 341 Å². The van der Waals surface area contributed by atoms with Crippen molar-refractivity contribution < 1.29 is 0 Å². The van der Waals surface area contributed by atoms with Crippen LogP contribution in [0.3, 0.4) is 0 Å². The van der Waals surface area contributed by atoms with Crippen LogP contribution in [-0.2, 0) is 0 Å². The Morgan fingerprint density at radius 1 is 0.174 bits per heavy atom. The first kappa shape index (κ1) is 52.0. The van der Waals surface area contributed by atoms with Crippen LogP contribution in [0.2, 0.25) is 0 Å². The summed E-state index contributed by atoms with van der Waals surface area (Å²) in [4.78, 5) is 4.99. The summed E-state index contributed by atoms with van der Waals surface area (Å²) >= 11 is 0. The largest absolute Gasteiger partial charge is 0.310 e. The minimum atomic E-state index is 1.10. The molecular weight excluding hydrogens is 1040 g/mol. The van der Waals surface area contributed by atoms with Crippen LogP contribution in [0.5, 0.6) is 0 Å². The summed E-state index contributed by atoms with van der Waals surface area (Å²) in [6, 6.07) is 112. The Bertz CT molecular complexity index is 4510. The van der Waals surface area contributed by atoms with Gasteiger partial charge in [0.15, 0.2) is 0 Å². The maximum atomic E-state index is 2.49. The molecule has 14 aromatic carbocycles. The highest BCUT2D eigenvalue weighted by Gasteiger charge is 2.39. The van der Waals surface area contributed by atoms with Crippen LogP contribution in [-0.4, -0.2) is 0 Å². The van der Waals surface area contributed by atoms with E-state index in [0.717, 1.165) is 22.7 Å². The number of hydrogen-bond donors (Lipinski definition) is 0. The maximum absolute atomic E-state index is 2.49. The molecule has 0 amide bonds. The summed E-state index contributed by atoms with van der Waals surface area (Å²) in [6.45, 7) is 8.97. The van der Waals surface area contributed by atoms with Crippen LogP contribution in [0.25, 0.3) is 111 Å². The van der Waals surface area contributed by atoms with E-state index in [4.69, 9.17) is 0 Å². The first-order valence-corrected chi connectivity index (χ1v) is 29.9. The number of aryl methyl sites for hydroxylation is 4. The standard InChI is InChI=1S/C84H62N2/c1-55-27-23-28-56(2)83(55)85(67-45-25-43-65(51-67)59-31-11-5-12-32-59)69-47-49-71-73(53-69)77(63-39-19-9-20-40-63)81-79(75(71)61-35-15-7-16-36-61)82-78(64-41-21-10-22-42-64)74-54-70(48-50-72(74)76(80(81)82)62-37-17-8-18-38-62)86(84-57(3)29-24-30-58(84)4)68-46-26-44-66(52-68)60-33-13-6-14-34-60/h5-54H,1-4H3. The van der Waals surface area contributed by atoms with Crippen molar-refractivity contribution >= 4 is 55.7 Å². The number of nitrogens with zero attached hydrogens (tertiary/aromatic N) is 2. The van der Waals surface area contributed by atoms with Crippen LogP contribution in [0.4, 0.5) is 34.1 Å². The van der Waals surface area contributed by atoms with Gasteiger partial charge in [-0.15, -0.1) is 0 Å². The highest BCUT2D eigenvalue weighted by Crippen LogP contribution is 2.66. The van der Waals surface area contributed by atoms with Gasteiger partial charge in [0.25, 0.3) is 0 Å². The van der Waals surface area contributed by atoms with E-state index in [9.17, 15) is 0 Å². The number of para-hydroxylation sites is 2. The van der Waals surface area contributed by atoms with Crippen molar-refractivity contribution in [1.82, 2.24) is 0 Å². The summed E-state index contributed by atoms with van der Waals surface area (Å²) < 4.78 is 0. The predicted molar refractivity (Wildman–Crippen MR) is 367 cm³/mol. The summed E-state index contributed by atoms with van der Waals surface area (Å²) in [5.74, 6) is 0. The lowest BCUT2D eigenvalue weighted by molar-refractivity contribution is 1.22. The zero-order valence-corrected chi connectivity index (χ0v) is 48.8. The molecule has 1 aliphatic carbocycles. The van der Waals surface area contributed by atoms with E-state index in [1.54, 1.807) is 0 Å². The van der Waals surface area contributed by atoms with Gasteiger partial charge in [0.1, 0.15) is 0 Å². The molecule has 1 aliphatic rings. The molecule has 15 rings (SSSR count). The van der Waals surface area contributed by atoms with Crippen LogP contribution in [0, 0.1) is 27.7 Å². The van der Waals surface area contributed by atoms with E-state index in [1.165, 1.54) is 144 Å². The zero-order valence-electron chi connectivity index (χ0n) is 48.8. The molecule has 408 valence electrons. The van der Waals surface area contributed by atoms with Gasteiger partial charge in [0.2, 0.25) is 0 Å². The van der Waals surface area contributed by atoms with Gasteiger partial charge in [0.05, 0.1) is 11.4 Å². The lowest BCUT2D eigenvalue weighted by Crippen LogP contribution is -2.14.